The molecule has 1 heterocycles. The van der Waals surface area contributed by atoms with Crippen LogP contribution in [0.15, 0.2) is 0 Å². The quantitative estimate of drug-likeness (QED) is 0.718. The second-order valence-corrected chi connectivity index (χ2v) is 6.81. The third-order valence-corrected chi connectivity index (χ3v) is 3.61. The monoisotopic (exact) mass is 265 g/mol. The van der Waals surface area contributed by atoms with Crippen molar-refractivity contribution >= 4 is 16.4 Å². The summed E-state index contributed by atoms with van der Waals surface area (Å²) in [5, 5.41) is 0. The second kappa shape index (κ2) is 4.45. The average Bonchev–Trinajstić information content (AvgIpc) is 2.37. The number of carbonyl (C=O) groups excluding carboxylic acids is 1. The Morgan fingerprint density at radius 1 is 1.41 bits per heavy atom. The molecule has 0 aliphatic carbocycles. The Kier molecular flexibility index (Phi) is 3.73. The molecule has 0 saturated carbocycles. The standard InChI is InChI=1S/C10H19NO5S/c1-7(2)8-6-15-17(13,14)11(8)9(12)16-10(3,4)5/h7-8H,6H2,1-5H3/t8-/m1/s1. The van der Waals surface area contributed by atoms with Gasteiger partial charge in [-0.15, -0.1) is 0 Å². The summed E-state index contributed by atoms with van der Waals surface area (Å²) in [5.41, 5.74) is -0.739. The molecule has 1 aliphatic rings. The molecule has 0 aromatic heterocycles. The number of hydrogen-bond acceptors (Lipinski definition) is 5. The lowest BCUT2D eigenvalue weighted by atomic mass is 10.1. The highest BCUT2D eigenvalue weighted by Gasteiger charge is 2.45. The molecule has 7 heteroatoms. The third-order valence-electron chi connectivity index (χ3n) is 2.27. The van der Waals surface area contributed by atoms with Crippen molar-refractivity contribution < 1.29 is 22.1 Å². The fraction of sp³-hybridized carbons (Fsp3) is 0.900. The van der Waals surface area contributed by atoms with Crippen molar-refractivity contribution in [3.05, 3.63) is 0 Å². The van der Waals surface area contributed by atoms with Crippen LogP contribution in [0.4, 0.5) is 4.79 Å². The molecule has 1 aliphatic heterocycles. The lowest BCUT2D eigenvalue weighted by Crippen LogP contribution is -2.44. The molecule has 17 heavy (non-hydrogen) atoms. The molecular weight excluding hydrogens is 246 g/mol. The van der Waals surface area contributed by atoms with Crippen molar-refractivity contribution in [3.63, 3.8) is 0 Å². The predicted molar refractivity (Wildman–Crippen MR) is 61.6 cm³/mol. The maximum Gasteiger partial charge on any atom is 0.426 e. The molecule has 1 fully saturated rings. The van der Waals surface area contributed by atoms with Gasteiger partial charge in [-0.25, -0.2) is 4.79 Å². The van der Waals surface area contributed by atoms with Gasteiger partial charge in [-0.3, -0.25) is 4.18 Å². The second-order valence-electron chi connectivity index (χ2n) is 5.33. The van der Waals surface area contributed by atoms with Crippen LogP contribution in [0.3, 0.4) is 0 Å². The van der Waals surface area contributed by atoms with Gasteiger partial charge in [-0.1, -0.05) is 13.8 Å². The summed E-state index contributed by atoms with van der Waals surface area (Å²) >= 11 is 0. The number of rotatable bonds is 1. The van der Waals surface area contributed by atoms with E-state index in [0.717, 1.165) is 0 Å². The van der Waals surface area contributed by atoms with E-state index >= 15 is 0 Å². The van der Waals surface area contributed by atoms with Gasteiger partial charge in [-0.05, 0) is 26.7 Å². The first-order valence-electron chi connectivity index (χ1n) is 5.46. The Morgan fingerprint density at radius 3 is 2.35 bits per heavy atom. The van der Waals surface area contributed by atoms with Crippen molar-refractivity contribution in [2.45, 2.75) is 46.3 Å². The SMILES string of the molecule is CC(C)[C@H]1COS(=O)(=O)N1C(=O)OC(C)(C)C. The van der Waals surface area contributed by atoms with E-state index in [0.29, 0.717) is 4.31 Å². The largest absolute Gasteiger partial charge is 0.443 e. The number of carbonyl (C=O) groups is 1. The molecule has 1 amide bonds. The molecule has 1 atom stereocenters. The highest BCUT2D eigenvalue weighted by Crippen LogP contribution is 2.26. The van der Waals surface area contributed by atoms with Gasteiger partial charge >= 0.3 is 16.4 Å². The third kappa shape index (κ3) is 3.32. The highest BCUT2D eigenvalue weighted by atomic mass is 32.2. The Bertz CT molecular complexity index is 395. The van der Waals surface area contributed by atoms with Crippen molar-refractivity contribution in [2.75, 3.05) is 6.61 Å². The van der Waals surface area contributed by atoms with Crippen LogP contribution in [0, 0.1) is 5.92 Å². The van der Waals surface area contributed by atoms with Gasteiger partial charge < -0.3 is 4.74 Å². The van der Waals surface area contributed by atoms with Gasteiger partial charge in [0, 0.05) is 0 Å². The van der Waals surface area contributed by atoms with E-state index in [4.69, 9.17) is 4.74 Å². The van der Waals surface area contributed by atoms with Crippen LogP contribution in [-0.2, 0) is 19.2 Å². The van der Waals surface area contributed by atoms with E-state index in [1.54, 1.807) is 20.8 Å². The van der Waals surface area contributed by atoms with Gasteiger partial charge in [-0.2, -0.15) is 12.7 Å². The summed E-state index contributed by atoms with van der Waals surface area (Å²) in [7, 11) is -3.99. The summed E-state index contributed by atoms with van der Waals surface area (Å²) in [5.74, 6) is -0.0280. The normalized spacial score (nSPS) is 24.1. The van der Waals surface area contributed by atoms with Crippen LogP contribution in [0.1, 0.15) is 34.6 Å². The Hall–Kier alpha value is -0.820. The zero-order valence-corrected chi connectivity index (χ0v) is 11.6. The van der Waals surface area contributed by atoms with Crippen molar-refractivity contribution in [1.82, 2.24) is 4.31 Å². The first-order chi connectivity index (χ1) is 7.54. The number of amides is 1. The van der Waals surface area contributed by atoms with Gasteiger partial charge in [0.1, 0.15) is 5.60 Å². The highest BCUT2D eigenvalue weighted by molar-refractivity contribution is 7.85. The first-order valence-corrected chi connectivity index (χ1v) is 6.83. The molecule has 1 saturated heterocycles. The van der Waals surface area contributed by atoms with E-state index in [-0.39, 0.29) is 12.5 Å². The topological polar surface area (TPSA) is 72.9 Å². The summed E-state index contributed by atoms with van der Waals surface area (Å²) in [6, 6.07) is -0.505. The molecule has 1 rings (SSSR count). The molecule has 0 spiro atoms. The minimum atomic E-state index is -3.99. The Morgan fingerprint density at radius 2 is 1.94 bits per heavy atom. The van der Waals surface area contributed by atoms with Crippen LogP contribution >= 0.6 is 0 Å². The van der Waals surface area contributed by atoms with Crippen LogP contribution < -0.4 is 0 Å². The minimum Gasteiger partial charge on any atom is -0.443 e. The molecule has 0 N–H and O–H groups in total. The molecule has 0 aromatic carbocycles. The smallest absolute Gasteiger partial charge is 0.426 e. The lowest BCUT2D eigenvalue weighted by Gasteiger charge is -2.27. The van der Waals surface area contributed by atoms with Crippen LogP contribution in [0.25, 0.3) is 0 Å². The lowest BCUT2D eigenvalue weighted by molar-refractivity contribution is 0.0331. The molecule has 0 radical (unpaired) electrons. The summed E-state index contributed by atoms with van der Waals surface area (Å²) < 4.78 is 33.6. The first kappa shape index (κ1) is 14.2. The van der Waals surface area contributed by atoms with Crippen molar-refractivity contribution in [2.24, 2.45) is 5.92 Å². The Balaban J connectivity index is 2.95. The summed E-state index contributed by atoms with van der Waals surface area (Å²) in [6.07, 6.45) is -0.881. The molecule has 100 valence electrons. The predicted octanol–water partition coefficient (Wildman–Crippen LogP) is 1.52. The van der Waals surface area contributed by atoms with E-state index in [1.807, 2.05) is 13.8 Å². The molecule has 0 aromatic rings. The minimum absolute atomic E-state index is 0.0146. The zero-order chi connectivity index (χ0) is 13.4. The number of nitrogens with zero attached hydrogens (tertiary/aromatic N) is 1. The van der Waals surface area contributed by atoms with Crippen molar-refractivity contribution in [1.29, 1.82) is 0 Å². The Labute approximate surface area is 102 Å². The van der Waals surface area contributed by atoms with E-state index in [1.165, 1.54) is 0 Å². The van der Waals surface area contributed by atoms with Gasteiger partial charge in [0.2, 0.25) is 0 Å². The zero-order valence-electron chi connectivity index (χ0n) is 10.8. The van der Waals surface area contributed by atoms with Crippen LogP contribution in [0.5, 0.6) is 0 Å². The average molecular weight is 265 g/mol. The van der Waals surface area contributed by atoms with Crippen LogP contribution in [0.2, 0.25) is 0 Å². The summed E-state index contributed by atoms with van der Waals surface area (Å²) in [4.78, 5) is 11.8. The van der Waals surface area contributed by atoms with Gasteiger partial charge in [0.05, 0.1) is 12.6 Å². The van der Waals surface area contributed by atoms with E-state index in [9.17, 15) is 13.2 Å². The van der Waals surface area contributed by atoms with E-state index in [2.05, 4.69) is 4.18 Å². The number of hydrogen-bond donors (Lipinski definition) is 0. The molecule has 0 unspecified atom stereocenters. The van der Waals surface area contributed by atoms with Gasteiger partial charge in [0.15, 0.2) is 0 Å². The van der Waals surface area contributed by atoms with Gasteiger partial charge in [0.25, 0.3) is 0 Å². The molecular formula is C10H19NO5S. The fourth-order valence-electron chi connectivity index (χ4n) is 1.44. The molecule has 6 nitrogen and oxygen atoms in total. The maximum absolute atomic E-state index is 11.8. The molecule has 0 bridgehead atoms. The van der Waals surface area contributed by atoms with Crippen molar-refractivity contribution in [3.8, 4) is 0 Å². The number of ether oxygens (including phenoxy) is 1. The van der Waals surface area contributed by atoms with Crippen LogP contribution in [-0.4, -0.2) is 37.1 Å². The van der Waals surface area contributed by atoms with E-state index < -0.39 is 28.0 Å². The maximum atomic E-state index is 11.8. The summed E-state index contributed by atoms with van der Waals surface area (Å²) in [6.45, 7) is 8.67. The fourth-order valence-corrected chi connectivity index (χ4v) is 2.72.